The SMILES string of the molecule is CCC(CO)(CCCN(C)C1CCCCC1)NC1CC1. The van der Waals surface area contributed by atoms with Gasteiger partial charge >= 0.3 is 0 Å². The van der Waals surface area contributed by atoms with Crippen molar-refractivity contribution in [2.24, 2.45) is 0 Å². The Morgan fingerprint density at radius 3 is 2.40 bits per heavy atom. The minimum absolute atomic E-state index is 0.0193. The van der Waals surface area contributed by atoms with E-state index in [-0.39, 0.29) is 12.1 Å². The van der Waals surface area contributed by atoms with Crippen molar-refractivity contribution in [2.75, 3.05) is 20.2 Å². The summed E-state index contributed by atoms with van der Waals surface area (Å²) in [7, 11) is 2.29. The second kappa shape index (κ2) is 7.77. The van der Waals surface area contributed by atoms with Crippen LogP contribution in [0.4, 0.5) is 0 Å². The molecule has 118 valence electrons. The predicted molar refractivity (Wildman–Crippen MR) is 85.0 cm³/mol. The number of aliphatic hydroxyl groups excluding tert-OH is 1. The maximum Gasteiger partial charge on any atom is 0.0613 e. The van der Waals surface area contributed by atoms with Gasteiger partial charge in [-0.2, -0.15) is 0 Å². The van der Waals surface area contributed by atoms with Crippen molar-refractivity contribution >= 4 is 0 Å². The Kier molecular flexibility index (Phi) is 6.31. The molecule has 0 spiro atoms. The average Bonchev–Trinajstić information content (AvgIpc) is 3.31. The molecule has 2 N–H and O–H groups in total. The smallest absolute Gasteiger partial charge is 0.0613 e. The molecule has 2 fully saturated rings. The van der Waals surface area contributed by atoms with Crippen molar-refractivity contribution in [3.05, 3.63) is 0 Å². The highest BCUT2D eigenvalue weighted by molar-refractivity contribution is 4.94. The molecule has 1 unspecified atom stereocenters. The number of hydrogen-bond acceptors (Lipinski definition) is 3. The predicted octanol–water partition coefficient (Wildman–Crippen LogP) is 2.92. The van der Waals surface area contributed by atoms with Gasteiger partial charge in [-0.05, 0) is 58.5 Å². The van der Waals surface area contributed by atoms with Gasteiger partial charge in [0.1, 0.15) is 0 Å². The van der Waals surface area contributed by atoms with E-state index in [2.05, 4.69) is 24.2 Å². The van der Waals surface area contributed by atoms with E-state index >= 15 is 0 Å². The van der Waals surface area contributed by atoms with E-state index in [4.69, 9.17) is 0 Å². The standard InChI is InChI=1S/C17H34N2O/c1-3-17(14-20,18-15-10-11-15)12-7-13-19(2)16-8-5-4-6-9-16/h15-16,18,20H,3-14H2,1-2H3. The third kappa shape index (κ3) is 4.71. The normalized spacial score (nSPS) is 24.0. The van der Waals surface area contributed by atoms with E-state index in [0.29, 0.717) is 6.04 Å². The Hall–Kier alpha value is -0.120. The zero-order valence-electron chi connectivity index (χ0n) is 13.5. The molecule has 0 aromatic heterocycles. The molecule has 3 heteroatoms. The van der Waals surface area contributed by atoms with Gasteiger partial charge in [-0.3, -0.25) is 0 Å². The van der Waals surface area contributed by atoms with Crippen molar-refractivity contribution in [1.29, 1.82) is 0 Å². The summed E-state index contributed by atoms with van der Waals surface area (Å²) >= 11 is 0. The second-order valence-corrected chi connectivity index (χ2v) is 7.09. The van der Waals surface area contributed by atoms with E-state index in [1.807, 2.05) is 0 Å². The molecule has 3 nitrogen and oxygen atoms in total. The third-order valence-corrected chi connectivity index (χ3v) is 5.43. The highest BCUT2D eigenvalue weighted by Crippen LogP contribution is 2.27. The van der Waals surface area contributed by atoms with Gasteiger partial charge < -0.3 is 15.3 Å². The van der Waals surface area contributed by atoms with E-state index < -0.39 is 0 Å². The number of aliphatic hydroxyl groups is 1. The first kappa shape index (κ1) is 16.3. The van der Waals surface area contributed by atoms with Crippen LogP contribution in [0.25, 0.3) is 0 Å². The van der Waals surface area contributed by atoms with Crippen molar-refractivity contribution < 1.29 is 5.11 Å². The van der Waals surface area contributed by atoms with Crippen LogP contribution >= 0.6 is 0 Å². The highest BCUT2D eigenvalue weighted by Gasteiger charge is 2.34. The summed E-state index contributed by atoms with van der Waals surface area (Å²) in [5.41, 5.74) is -0.0193. The fourth-order valence-corrected chi connectivity index (χ4v) is 3.62. The number of rotatable bonds is 9. The summed E-state index contributed by atoms with van der Waals surface area (Å²) in [6.07, 6.45) is 12.9. The Labute approximate surface area is 125 Å². The maximum absolute atomic E-state index is 9.79. The summed E-state index contributed by atoms with van der Waals surface area (Å²) in [6, 6.07) is 1.49. The maximum atomic E-state index is 9.79. The van der Waals surface area contributed by atoms with Crippen molar-refractivity contribution in [1.82, 2.24) is 10.2 Å². The Morgan fingerprint density at radius 1 is 1.15 bits per heavy atom. The monoisotopic (exact) mass is 282 g/mol. The van der Waals surface area contributed by atoms with Crippen LogP contribution in [0.5, 0.6) is 0 Å². The minimum atomic E-state index is -0.0193. The molecule has 2 aliphatic carbocycles. The van der Waals surface area contributed by atoms with Crippen LogP contribution < -0.4 is 5.32 Å². The summed E-state index contributed by atoms with van der Waals surface area (Å²) in [5, 5.41) is 13.5. The van der Waals surface area contributed by atoms with Gasteiger partial charge in [0.25, 0.3) is 0 Å². The zero-order valence-corrected chi connectivity index (χ0v) is 13.5. The molecular formula is C17H34N2O. The summed E-state index contributed by atoms with van der Waals surface area (Å²) in [4.78, 5) is 2.56. The molecule has 0 bridgehead atoms. The highest BCUT2D eigenvalue weighted by atomic mass is 16.3. The largest absolute Gasteiger partial charge is 0.394 e. The summed E-state index contributed by atoms with van der Waals surface area (Å²) in [6.45, 7) is 3.67. The van der Waals surface area contributed by atoms with Gasteiger partial charge in [0.15, 0.2) is 0 Å². The first-order chi connectivity index (χ1) is 9.69. The summed E-state index contributed by atoms with van der Waals surface area (Å²) < 4.78 is 0. The molecule has 0 aliphatic heterocycles. The van der Waals surface area contributed by atoms with Gasteiger partial charge in [-0.15, -0.1) is 0 Å². The number of nitrogens with one attached hydrogen (secondary N) is 1. The van der Waals surface area contributed by atoms with Gasteiger partial charge in [-0.25, -0.2) is 0 Å². The van der Waals surface area contributed by atoms with Crippen LogP contribution in [0.15, 0.2) is 0 Å². The van der Waals surface area contributed by atoms with Gasteiger partial charge in [0.05, 0.1) is 6.61 Å². The lowest BCUT2D eigenvalue weighted by molar-refractivity contribution is 0.130. The van der Waals surface area contributed by atoms with Gasteiger partial charge in [-0.1, -0.05) is 26.2 Å². The van der Waals surface area contributed by atoms with E-state index in [1.54, 1.807) is 0 Å². The van der Waals surface area contributed by atoms with E-state index in [0.717, 1.165) is 18.9 Å². The molecule has 2 saturated carbocycles. The van der Waals surface area contributed by atoms with Gasteiger partial charge in [0.2, 0.25) is 0 Å². The molecular weight excluding hydrogens is 248 g/mol. The first-order valence-corrected chi connectivity index (χ1v) is 8.78. The van der Waals surface area contributed by atoms with E-state index in [1.165, 1.54) is 57.9 Å². The minimum Gasteiger partial charge on any atom is -0.394 e. The van der Waals surface area contributed by atoms with Crippen LogP contribution in [-0.4, -0.2) is 47.8 Å². The van der Waals surface area contributed by atoms with Crippen molar-refractivity contribution in [2.45, 2.75) is 88.8 Å². The third-order valence-electron chi connectivity index (χ3n) is 5.43. The fraction of sp³-hybridized carbons (Fsp3) is 1.00. The average molecular weight is 282 g/mol. The molecule has 2 aliphatic rings. The lowest BCUT2D eigenvalue weighted by Crippen LogP contribution is -2.49. The van der Waals surface area contributed by atoms with Crippen LogP contribution in [-0.2, 0) is 0 Å². The molecule has 20 heavy (non-hydrogen) atoms. The molecule has 0 aromatic rings. The quantitative estimate of drug-likeness (QED) is 0.682. The Morgan fingerprint density at radius 2 is 1.85 bits per heavy atom. The topological polar surface area (TPSA) is 35.5 Å². The van der Waals surface area contributed by atoms with E-state index in [9.17, 15) is 5.11 Å². The molecule has 0 heterocycles. The fourth-order valence-electron chi connectivity index (χ4n) is 3.62. The Bertz CT molecular complexity index is 268. The van der Waals surface area contributed by atoms with Crippen LogP contribution in [0, 0.1) is 0 Å². The van der Waals surface area contributed by atoms with Gasteiger partial charge in [0, 0.05) is 17.6 Å². The number of nitrogens with zero attached hydrogens (tertiary/aromatic N) is 1. The molecule has 2 rings (SSSR count). The molecule has 0 aromatic carbocycles. The van der Waals surface area contributed by atoms with Crippen molar-refractivity contribution in [3.8, 4) is 0 Å². The van der Waals surface area contributed by atoms with Crippen molar-refractivity contribution in [3.63, 3.8) is 0 Å². The Balaban J connectivity index is 1.71. The van der Waals surface area contributed by atoms with Crippen LogP contribution in [0.3, 0.4) is 0 Å². The lowest BCUT2D eigenvalue weighted by atomic mass is 9.90. The second-order valence-electron chi connectivity index (χ2n) is 7.09. The van der Waals surface area contributed by atoms with Crippen LogP contribution in [0.1, 0.15) is 71.1 Å². The number of hydrogen-bond donors (Lipinski definition) is 2. The lowest BCUT2D eigenvalue weighted by Gasteiger charge is -2.35. The zero-order chi connectivity index (χ0) is 14.4. The molecule has 1 atom stereocenters. The molecule has 0 saturated heterocycles. The first-order valence-electron chi connectivity index (χ1n) is 8.78. The molecule has 0 radical (unpaired) electrons. The molecule has 0 amide bonds. The van der Waals surface area contributed by atoms with Crippen LogP contribution in [0.2, 0.25) is 0 Å². The summed E-state index contributed by atoms with van der Waals surface area (Å²) in [5.74, 6) is 0.